The van der Waals surface area contributed by atoms with E-state index in [1.54, 1.807) is 6.07 Å². The van der Waals surface area contributed by atoms with Gasteiger partial charge in [0, 0.05) is 10.5 Å². The Hall–Kier alpha value is -0.450. The lowest BCUT2D eigenvalue weighted by atomic mass is 10.0. The Morgan fingerprint density at radius 2 is 2.27 bits per heavy atom. The van der Waals surface area contributed by atoms with Gasteiger partial charge in [0.1, 0.15) is 5.82 Å². The number of halogens is 2. The molecule has 0 radical (unpaired) electrons. The van der Waals surface area contributed by atoms with E-state index in [1.165, 1.54) is 25.0 Å². The predicted octanol–water partition coefficient (Wildman–Crippen LogP) is 2.89. The summed E-state index contributed by atoms with van der Waals surface area (Å²) < 4.78 is 14.0. The molecule has 0 heterocycles. The third-order valence-electron chi connectivity index (χ3n) is 2.80. The van der Waals surface area contributed by atoms with Crippen LogP contribution in [0.1, 0.15) is 30.9 Å². The second-order valence-electron chi connectivity index (χ2n) is 4.06. The first-order valence-corrected chi connectivity index (χ1v) is 5.91. The maximum absolute atomic E-state index is 13.1. The molecule has 15 heavy (non-hydrogen) atoms. The monoisotopic (exact) mass is 272 g/mol. The maximum atomic E-state index is 13.1. The van der Waals surface area contributed by atoms with Crippen molar-refractivity contribution in [3.63, 3.8) is 0 Å². The van der Waals surface area contributed by atoms with E-state index in [0.717, 1.165) is 22.4 Å². The molecule has 1 aromatic rings. The lowest BCUT2D eigenvalue weighted by Gasteiger charge is -2.17. The minimum Gasteiger partial charge on any atom is -0.271 e. The summed E-state index contributed by atoms with van der Waals surface area (Å²) in [7, 11) is 0. The fraction of sp³-hybridized carbons (Fsp3) is 0.455. The summed E-state index contributed by atoms with van der Waals surface area (Å²) in [6.07, 6.45) is 3.52. The Balaban J connectivity index is 2.19. The van der Waals surface area contributed by atoms with E-state index in [0.29, 0.717) is 0 Å². The van der Waals surface area contributed by atoms with Crippen molar-refractivity contribution in [2.45, 2.75) is 25.3 Å². The molecule has 1 unspecified atom stereocenters. The summed E-state index contributed by atoms with van der Waals surface area (Å²) in [5.41, 5.74) is 3.67. The molecular formula is C11H14BrFN2. The van der Waals surface area contributed by atoms with Crippen LogP contribution in [0.3, 0.4) is 0 Å². The molecule has 1 aromatic carbocycles. The van der Waals surface area contributed by atoms with Crippen molar-refractivity contribution >= 4 is 15.9 Å². The van der Waals surface area contributed by atoms with Crippen molar-refractivity contribution in [1.82, 2.24) is 5.43 Å². The van der Waals surface area contributed by atoms with Gasteiger partial charge in [-0.3, -0.25) is 11.3 Å². The maximum Gasteiger partial charge on any atom is 0.123 e. The van der Waals surface area contributed by atoms with Gasteiger partial charge < -0.3 is 0 Å². The minimum absolute atomic E-state index is 0.0441. The van der Waals surface area contributed by atoms with Crippen LogP contribution in [0, 0.1) is 11.7 Å². The van der Waals surface area contributed by atoms with Crippen LogP contribution in [0.5, 0.6) is 0 Å². The normalized spacial score (nSPS) is 17.8. The standard InChI is InChI=1S/C11H14BrFN2/c12-10-4-3-8(13)6-9(10)11(15-14)5-7-1-2-7/h3-4,6-7,11,15H,1-2,5,14H2. The van der Waals surface area contributed by atoms with Gasteiger partial charge in [-0.25, -0.2) is 4.39 Å². The van der Waals surface area contributed by atoms with Gasteiger partial charge in [-0.15, -0.1) is 0 Å². The van der Waals surface area contributed by atoms with Crippen LogP contribution in [-0.4, -0.2) is 0 Å². The molecule has 1 fully saturated rings. The summed E-state index contributed by atoms with van der Waals surface area (Å²) >= 11 is 3.42. The van der Waals surface area contributed by atoms with Gasteiger partial charge >= 0.3 is 0 Å². The molecule has 4 heteroatoms. The summed E-state index contributed by atoms with van der Waals surface area (Å²) in [5.74, 6) is 6.04. The Labute approximate surface area is 97.1 Å². The zero-order chi connectivity index (χ0) is 10.8. The molecule has 0 bridgehead atoms. The molecule has 3 N–H and O–H groups in total. The number of hydrogen-bond acceptors (Lipinski definition) is 2. The first-order valence-electron chi connectivity index (χ1n) is 5.12. The van der Waals surface area contributed by atoms with Crippen LogP contribution in [-0.2, 0) is 0 Å². The van der Waals surface area contributed by atoms with Crippen molar-refractivity contribution in [2.75, 3.05) is 0 Å². The zero-order valence-electron chi connectivity index (χ0n) is 8.34. The number of hydrogen-bond donors (Lipinski definition) is 2. The Kier molecular flexibility index (Phi) is 3.38. The van der Waals surface area contributed by atoms with Crippen LogP contribution in [0.4, 0.5) is 4.39 Å². The molecule has 0 amide bonds. The summed E-state index contributed by atoms with van der Waals surface area (Å²) in [4.78, 5) is 0. The van der Waals surface area contributed by atoms with E-state index in [2.05, 4.69) is 21.4 Å². The van der Waals surface area contributed by atoms with Gasteiger partial charge in [0.05, 0.1) is 0 Å². The Morgan fingerprint density at radius 1 is 1.53 bits per heavy atom. The predicted molar refractivity (Wildman–Crippen MR) is 61.5 cm³/mol. The molecule has 0 saturated heterocycles. The van der Waals surface area contributed by atoms with Crippen molar-refractivity contribution in [3.05, 3.63) is 34.1 Å². The minimum atomic E-state index is -0.218. The molecule has 1 aliphatic carbocycles. The summed E-state index contributed by atoms with van der Waals surface area (Å²) in [5, 5.41) is 0. The number of hydrazine groups is 1. The summed E-state index contributed by atoms with van der Waals surface area (Å²) in [6, 6.07) is 4.75. The van der Waals surface area contributed by atoms with Crippen LogP contribution in [0.2, 0.25) is 0 Å². The quantitative estimate of drug-likeness (QED) is 0.654. The molecule has 1 aliphatic rings. The van der Waals surface area contributed by atoms with Crippen LogP contribution in [0.15, 0.2) is 22.7 Å². The van der Waals surface area contributed by atoms with Crippen LogP contribution >= 0.6 is 15.9 Å². The van der Waals surface area contributed by atoms with Gasteiger partial charge in [0.15, 0.2) is 0 Å². The second-order valence-corrected chi connectivity index (χ2v) is 4.92. The smallest absolute Gasteiger partial charge is 0.123 e. The Bertz CT molecular complexity index is 352. The number of nitrogens with two attached hydrogens (primary N) is 1. The average Bonchev–Trinajstić information content (AvgIpc) is 3.02. The van der Waals surface area contributed by atoms with Crippen molar-refractivity contribution in [1.29, 1.82) is 0 Å². The second kappa shape index (κ2) is 4.60. The van der Waals surface area contributed by atoms with Crippen molar-refractivity contribution < 1.29 is 4.39 Å². The highest BCUT2D eigenvalue weighted by Gasteiger charge is 2.26. The van der Waals surface area contributed by atoms with Gasteiger partial charge in [0.2, 0.25) is 0 Å². The fourth-order valence-electron chi connectivity index (χ4n) is 1.75. The van der Waals surface area contributed by atoms with Gasteiger partial charge in [-0.2, -0.15) is 0 Å². The lowest BCUT2D eigenvalue weighted by molar-refractivity contribution is 0.482. The van der Waals surface area contributed by atoms with E-state index < -0.39 is 0 Å². The number of rotatable bonds is 4. The average molecular weight is 273 g/mol. The molecule has 0 spiro atoms. The molecule has 2 rings (SSSR count). The van der Waals surface area contributed by atoms with Crippen molar-refractivity contribution in [2.24, 2.45) is 11.8 Å². The topological polar surface area (TPSA) is 38.0 Å². The van der Waals surface area contributed by atoms with Gasteiger partial charge in [-0.05, 0) is 36.1 Å². The highest BCUT2D eigenvalue weighted by molar-refractivity contribution is 9.10. The third-order valence-corrected chi connectivity index (χ3v) is 3.52. The van der Waals surface area contributed by atoms with E-state index in [-0.39, 0.29) is 11.9 Å². The van der Waals surface area contributed by atoms with Crippen LogP contribution < -0.4 is 11.3 Å². The van der Waals surface area contributed by atoms with Gasteiger partial charge in [0.25, 0.3) is 0 Å². The van der Waals surface area contributed by atoms with Crippen LogP contribution in [0.25, 0.3) is 0 Å². The van der Waals surface area contributed by atoms with Crippen molar-refractivity contribution in [3.8, 4) is 0 Å². The van der Waals surface area contributed by atoms with E-state index in [1.807, 2.05) is 0 Å². The fourth-order valence-corrected chi connectivity index (χ4v) is 2.28. The SMILES string of the molecule is NNC(CC1CC1)c1cc(F)ccc1Br. The Morgan fingerprint density at radius 3 is 2.87 bits per heavy atom. The number of nitrogens with one attached hydrogen (secondary N) is 1. The molecule has 0 aromatic heterocycles. The first kappa shape index (κ1) is 11.0. The van der Waals surface area contributed by atoms with E-state index in [4.69, 9.17) is 5.84 Å². The highest BCUT2D eigenvalue weighted by Crippen LogP contribution is 2.38. The molecule has 82 valence electrons. The molecule has 0 aliphatic heterocycles. The largest absolute Gasteiger partial charge is 0.271 e. The summed E-state index contributed by atoms with van der Waals surface area (Å²) in [6.45, 7) is 0. The van der Waals surface area contributed by atoms with E-state index >= 15 is 0 Å². The lowest BCUT2D eigenvalue weighted by Crippen LogP contribution is -2.28. The first-order chi connectivity index (χ1) is 7.20. The third kappa shape index (κ3) is 2.77. The molecule has 2 nitrogen and oxygen atoms in total. The zero-order valence-corrected chi connectivity index (χ0v) is 9.93. The highest BCUT2D eigenvalue weighted by atomic mass is 79.9. The molecule has 1 saturated carbocycles. The van der Waals surface area contributed by atoms with Gasteiger partial charge in [-0.1, -0.05) is 28.8 Å². The number of benzene rings is 1. The molecule has 1 atom stereocenters. The van der Waals surface area contributed by atoms with E-state index in [9.17, 15) is 4.39 Å². The molecular weight excluding hydrogens is 259 g/mol.